The van der Waals surface area contributed by atoms with Crippen LogP contribution < -0.4 is 5.73 Å². The second-order valence-corrected chi connectivity index (χ2v) is 5.60. The zero-order valence-electron chi connectivity index (χ0n) is 11.4. The standard InChI is InChI=1S/C13H18IN3O3/c1-3-17(7-8(2)12(15)16-20)13(19)9-4-5-10(14)11(18)6-9/h4-6,8,18,20H,3,7H2,1-2H3,(H2,15,16). The van der Waals surface area contributed by atoms with E-state index in [9.17, 15) is 9.90 Å². The van der Waals surface area contributed by atoms with Crippen LogP contribution in [0.15, 0.2) is 23.4 Å². The fourth-order valence-electron chi connectivity index (χ4n) is 1.71. The third-order valence-electron chi connectivity index (χ3n) is 2.98. The van der Waals surface area contributed by atoms with E-state index in [-0.39, 0.29) is 23.4 Å². The molecule has 0 spiro atoms. The first-order valence-corrected chi connectivity index (χ1v) is 7.23. The number of amides is 1. The zero-order valence-corrected chi connectivity index (χ0v) is 13.5. The quantitative estimate of drug-likeness (QED) is 0.235. The summed E-state index contributed by atoms with van der Waals surface area (Å²) in [6, 6.07) is 4.80. The van der Waals surface area contributed by atoms with Crippen molar-refractivity contribution >= 4 is 34.3 Å². The summed E-state index contributed by atoms with van der Waals surface area (Å²) >= 11 is 1.99. The number of nitrogens with zero attached hydrogens (tertiary/aromatic N) is 2. The molecule has 0 heterocycles. The summed E-state index contributed by atoms with van der Waals surface area (Å²) in [4.78, 5) is 13.9. The molecule has 0 saturated carbocycles. The molecule has 4 N–H and O–H groups in total. The van der Waals surface area contributed by atoms with Crippen LogP contribution in [0, 0.1) is 9.49 Å². The van der Waals surface area contributed by atoms with E-state index < -0.39 is 0 Å². The molecule has 1 unspecified atom stereocenters. The molecule has 20 heavy (non-hydrogen) atoms. The van der Waals surface area contributed by atoms with Gasteiger partial charge in [0.1, 0.15) is 11.6 Å². The fraction of sp³-hybridized carbons (Fsp3) is 0.385. The van der Waals surface area contributed by atoms with Crippen LogP contribution in [0.4, 0.5) is 0 Å². The second-order valence-electron chi connectivity index (χ2n) is 4.44. The molecule has 0 aliphatic carbocycles. The summed E-state index contributed by atoms with van der Waals surface area (Å²) in [6.45, 7) is 4.46. The van der Waals surface area contributed by atoms with Crippen molar-refractivity contribution in [3.8, 4) is 5.75 Å². The summed E-state index contributed by atoms with van der Waals surface area (Å²) in [6.07, 6.45) is 0. The molecule has 0 aliphatic rings. The molecule has 0 saturated heterocycles. The van der Waals surface area contributed by atoms with E-state index in [0.717, 1.165) is 0 Å². The minimum atomic E-state index is -0.249. The molecule has 6 nitrogen and oxygen atoms in total. The van der Waals surface area contributed by atoms with Crippen LogP contribution in [0.2, 0.25) is 0 Å². The largest absolute Gasteiger partial charge is 0.507 e. The first kappa shape index (κ1) is 16.5. The van der Waals surface area contributed by atoms with Crippen LogP contribution in [0.25, 0.3) is 0 Å². The highest BCUT2D eigenvalue weighted by Crippen LogP contribution is 2.21. The smallest absolute Gasteiger partial charge is 0.254 e. The highest BCUT2D eigenvalue weighted by molar-refractivity contribution is 14.1. The molecule has 1 aromatic rings. The Morgan fingerprint density at radius 2 is 2.20 bits per heavy atom. The maximum absolute atomic E-state index is 12.4. The van der Waals surface area contributed by atoms with Gasteiger partial charge in [-0.3, -0.25) is 4.79 Å². The van der Waals surface area contributed by atoms with E-state index in [0.29, 0.717) is 22.2 Å². The number of rotatable bonds is 5. The van der Waals surface area contributed by atoms with E-state index in [1.807, 2.05) is 29.5 Å². The number of benzene rings is 1. The lowest BCUT2D eigenvalue weighted by atomic mass is 10.1. The fourth-order valence-corrected chi connectivity index (χ4v) is 2.04. The van der Waals surface area contributed by atoms with Gasteiger partial charge < -0.3 is 20.9 Å². The number of aromatic hydroxyl groups is 1. The van der Waals surface area contributed by atoms with Crippen LogP contribution in [0.1, 0.15) is 24.2 Å². The Hall–Kier alpha value is -1.51. The average Bonchev–Trinajstić information content (AvgIpc) is 2.45. The first-order valence-electron chi connectivity index (χ1n) is 6.15. The maximum Gasteiger partial charge on any atom is 0.254 e. The number of carbonyl (C=O) groups is 1. The minimum absolute atomic E-state index is 0.0805. The Kier molecular flexibility index (Phi) is 6.05. The number of amidine groups is 1. The first-order chi connectivity index (χ1) is 9.40. The van der Waals surface area contributed by atoms with Crippen molar-refractivity contribution < 1.29 is 15.1 Å². The highest BCUT2D eigenvalue weighted by Gasteiger charge is 2.19. The van der Waals surface area contributed by atoms with E-state index in [1.165, 1.54) is 6.07 Å². The number of phenolic OH excluding ortho intramolecular Hbond substituents is 1. The van der Waals surface area contributed by atoms with Gasteiger partial charge in [-0.15, -0.1) is 0 Å². The van der Waals surface area contributed by atoms with E-state index in [4.69, 9.17) is 10.9 Å². The maximum atomic E-state index is 12.4. The highest BCUT2D eigenvalue weighted by atomic mass is 127. The zero-order chi connectivity index (χ0) is 15.3. The van der Waals surface area contributed by atoms with Crippen molar-refractivity contribution in [3.63, 3.8) is 0 Å². The number of hydrogen-bond acceptors (Lipinski definition) is 4. The van der Waals surface area contributed by atoms with Crippen LogP contribution in [-0.2, 0) is 0 Å². The van der Waals surface area contributed by atoms with Gasteiger partial charge in [-0.1, -0.05) is 12.1 Å². The molecule has 1 rings (SSSR count). The summed E-state index contributed by atoms with van der Waals surface area (Å²) in [5, 5.41) is 21.2. The molecule has 1 aromatic carbocycles. The molecule has 0 radical (unpaired) electrons. The Morgan fingerprint density at radius 3 is 2.70 bits per heavy atom. The summed E-state index contributed by atoms with van der Waals surface area (Å²) in [5.74, 6) is -0.281. The van der Waals surface area contributed by atoms with Gasteiger partial charge in [-0.2, -0.15) is 0 Å². The molecule has 0 aliphatic heterocycles. The van der Waals surface area contributed by atoms with Gasteiger partial charge in [0.25, 0.3) is 5.91 Å². The van der Waals surface area contributed by atoms with Crippen molar-refractivity contribution in [2.75, 3.05) is 13.1 Å². The topological polar surface area (TPSA) is 99.1 Å². The van der Waals surface area contributed by atoms with E-state index in [1.54, 1.807) is 24.0 Å². The van der Waals surface area contributed by atoms with Gasteiger partial charge in [-0.25, -0.2) is 0 Å². The van der Waals surface area contributed by atoms with Crippen molar-refractivity contribution in [1.29, 1.82) is 0 Å². The predicted molar refractivity (Wildman–Crippen MR) is 85.0 cm³/mol. The number of nitrogens with two attached hydrogens (primary N) is 1. The second kappa shape index (κ2) is 7.32. The third kappa shape index (κ3) is 3.99. The van der Waals surface area contributed by atoms with Crippen molar-refractivity contribution in [3.05, 3.63) is 27.3 Å². The van der Waals surface area contributed by atoms with E-state index >= 15 is 0 Å². The van der Waals surface area contributed by atoms with Crippen molar-refractivity contribution in [2.45, 2.75) is 13.8 Å². The van der Waals surface area contributed by atoms with Crippen LogP contribution in [0.3, 0.4) is 0 Å². The van der Waals surface area contributed by atoms with Crippen molar-refractivity contribution in [2.24, 2.45) is 16.8 Å². The molecular weight excluding hydrogens is 373 g/mol. The van der Waals surface area contributed by atoms with Gasteiger partial charge in [0, 0.05) is 24.6 Å². The Labute approximate surface area is 131 Å². The molecule has 0 fully saturated rings. The summed E-state index contributed by atoms with van der Waals surface area (Å²) in [7, 11) is 0. The average molecular weight is 391 g/mol. The molecule has 0 bridgehead atoms. The van der Waals surface area contributed by atoms with Crippen LogP contribution >= 0.6 is 22.6 Å². The van der Waals surface area contributed by atoms with Crippen LogP contribution in [0.5, 0.6) is 5.75 Å². The monoisotopic (exact) mass is 391 g/mol. The predicted octanol–water partition coefficient (Wildman–Crippen LogP) is 1.84. The molecule has 110 valence electrons. The normalized spacial score (nSPS) is 13.1. The van der Waals surface area contributed by atoms with Gasteiger partial charge in [-0.05, 0) is 47.7 Å². The summed E-state index contributed by atoms with van der Waals surface area (Å²) in [5.41, 5.74) is 5.94. The van der Waals surface area contributed by atoms with Gasteiger partial charge in [0.15, 0.2) is 0 Å². The molecule has 1 atom stereocenters. The summed E-state index contributed by atoms with van der Waals surface area (Å²) < 4.78 is 0.687. The van der Waals surface area contributed by atoms with Gasteiger partial charge in [0.05, 0.1) is 3.57 Å². The lowest BCUT2D eigenvalue weighted by Crippen LogP contribution is -2.38. The van der Waals surface area contributed by atoms with E-state index in [2.05, 4.69) is 5.16 Å². The SMILES string of the molecule is CCN(CC(C)/C(N)=N/O)C(=O)c1ccc(I)c(O)c1. The van der Waals surface area contributed by atoms with Gasteiger partial charge in [0.2, 0.25) is 0 Å². The molecule has 1 amide bonds. The van der Waals surface area contributed by atoms with Crippen molar-refractivity contribution in [1.82, 2.24) is 4.90 Å². The van der Waals surface area contributed by atoms with Crippen LogP contribution in [-0.4, -0.2) is 40.0 Å². The molecular formula is C13H18IN3O3. The number of phenols is 1. The number of oxime groups is 1. The third-order valence-corrected chi connectivity index (χ3v) is 3.89. The lowest BCUT2D eigenvalue weighted by Gasteiger charge is -2.24. The number of hydrogen-bond donors (Lipinski definition) is 3. The Morgan fingerprint density at radius 1 is 1.55 bits per heavy atom. The Balaban J connectivity index is 2.89. The lowest BCUT2D eigenvalue weighted by molar-refractivity contribution is 0.0753. The number of halogens is 1. The number of carbonyl (C=O) groups excluding carboxylic acids is 1. The molecule has 7 heteroatoms. The van der Waals surface area contributed by atoms with Gasteiger partial charge >= 0.3 is 0 Å². The Bertz CT molecular complexity index is 520. The molecule has 0 aromatic heterocycles. The minimum Gasteiger partial charge on any atom is -0.507 e.